The van der Waals surface area contributed by atoms with Crippen LogP contribution in [-0.4, -0.2) is 24.9 Å². The van der Waals surface area contributed by atoms with Gasteiger partial charge in [-0.25, -0.2) is 4.90 Å². The Morgan fingerprint density at radius 1 is 1.26 bits per heavy atom. The van der Waals surface area contributed by atoms with Crippen LogP contribution in [0.15, 0.2) is 47.4 Å². The number of hydrogen-bond donors (Lipinski definition) is 0. The average Bonchev–Trinajstić information content (AvgIpc) is 2.94. The van der Waals surface area contributed by atoms with Crippen molar-refractivity contribution in [2.24, 2.45) is 0 Å². The molecule has 0 aliphatic carbocycles. The first-order chi connectivity index (χ1) is 13.0. The zero-order chi connectivity index (χ0) is 19.4. The summed E-state index contributed by atoms with van der Waals surface area (Å²) in [5.74, 6) is 2.68. The second kappa shape index (κ2) is 8.21. The van der Waals surface area contributed by atoms with Crippen molar-refractivity contribution in [2.45, 2.75) is 0 Å². The van der Waals surface area contributed by atoms with Crippen molar-refractivity contribution in [2.75, 3.05) is 18.6 Å². The Balaban J connectivity index is 1.93. The number of rotatable bonds is 5. The molecule has 1 fully saturated rings. The number of carbonyl (C=O) groups excluding carboxylic acids is 2. The SMILES string of the molecule is C#CCOc1c(Cl)cc(/C=C2\SC(=O)N(c3ccccc3)C2=O)cc1OC. The van der Waals surface area contributed by atoms with Crippen LogP contribution in [0.1, 0.15) is 5.56 Å². The van der Waals surface area contributed by atoms with Crippen molar-refractivity contribution < 1.29 is 19.1 Å². The molecule has 27 heavy (non-hydrogen) atoms. The topological polar surface area (TPSA) is 55.8 Å². The summed E-state index contributed by atoms with van der Waals surface area (Å²) in [5.41, 5.74) is 1.13. The first-order valence-corrected chi connectivity index (χ1v) is 9.01. The van der Waals surface area contributed by atoms with E-state index in [2.05, 4.69) is 5.92 Å². The zero-order valence-corrected chi connectivity index (χ0v) is 15.8. The van der Waals surface area contributed by atoms with Crippen LogP contribution < -0.4 is 14.4 Å². The molecule has 0 radical (unpaired) electrons. The molecule has 0 aromatic heterocycles. The predicted octanol–water partition coefficient (Wildman–Crippen LogP) is 4.60. The number of imide groups is 1. The van der Waals surface area contributed by atoms with Crippen molar-refractivity contribution in [3.05, 3.63) is 58.0 Å². The average molecular weight is 400 g/mol. The minimum Gasteiger partial charge on any atom is -0.493 e. The highest BCUT2D eigenvalue weighted by atomic mass is 35.5. The quantitative estimate of drug-likeness (QED) is 0.543. The van der Waals surface area contributed by atoms with E-state index in [9.17, 15) is 9.59 Å². The van der Waals surface area contributed by atoms with Gasteiger partial charge in [-0.3, -0.25) is 9.59 Å². The molecule has 2 amide bonds. The van der Waals surface area contributed by atoms with E-state index in [0.717, 1.165) is 16.7 Å². The van der Waals surface area contributed by atoms with Crippen molar-refractivity contribution in [3.8, 4) is 23.8 Å². The van der Waals surface area contributed by atoms with Gasteiger partial charge < -0.3 is 9.47 Å². The van der Waals surface area contributed by atoms with E-state index in [0.29, 0.717) is 27.7 Å². The Kier molecular flexibility index (Phi) is 5.75. The maximum absolute atomic E-state index is 12.7. The van der Waals surface area contributed by atoms with Gasteiger partial charge >= 0.3 is 0 Å². The van der Waals surface area contributed by atoms with E-state index in [1.54, 1.807) is 42.5 Å². The lowest BCUT2D eigenvalue weighted by Gasteiger charge is -2.12. The molecule has 1 heterocycles. The van der Waals surface area contributed by atoms with Gasteiger partial charge in [-0.2, -0.15) is 0 Å². The van der Waals surface area contributed by atoms with E-state index in [1.165, 1.54) is 7.11 Å². The van der Waals surface area contributed by atoms with Crippen molar-refractivity contribution in [1.82, 2.24) is 0 Å². The van der Waals surface area contributed by atoms with Crippen LogP contribution in [0.4, 0.5) is 10.5 Å². The molecular weight excluding hydrogens is 386 g/mol. The van der Waals surface area contributed by atoms with Crippen molar-refractivity contribution in [3.63, 3.8) is 0 Å². The number of anilines is 1. The smallest absolute Gasteiger partial charge is 0.298 e. The minimum absolute atomic E-state index is 0.0470. The van der Waals surface area contributed by atoms with Gasteiger partial charge in [0.1, 0.15) is 6.61 Å². The lowest BCUT2D eigenvalue weighted by molar-refractivity contribution is -0.113. The summed E-state index contributed by atoms with van der Waals surface area (Å²) in [7, 11) is 1.47. The van der Waals surface area contributed by atoms with Gasteiger partial charge in [-0.05, 0) is 47.7 Å². The lowest BCUT2D eigenvalue weighted by atomic mass is 10.1. The highest BCUT2D eigenvalue weighted by Crippen LogP contribution is 2.39. The first kappa shape index (κ1) is 18.9. The summed E-state index contributed by atoms with van der Waals surface area (Å²) in [5, 5.41) is -0.0670. The number of halogens is 1. The van der Waals surface area contributed by atoms with Crippen LogP contribution >= 0.6 is 23.4 Å². The van der Waals surface area contributed by atoms with Gasteiger partial charge in [-0.15, -0.1) is 6.42 Å². The fourth-order valence-electron chi connectivity index (χ4n) is 2.50. The molecule has 1 aliphatic heterocycles. The zero-order valence-electron chi connectivity index (χ0n) is 14.3. The number of ether oxygens (including phenoxy) is 2. The molecule has 3 rings (SSSR count). The number of amides is 2. The molecule has 2 aromatic rings. The lowest BCUT2D eigenvalue weighted by Crippen LogP contribution is -2.27. The van der Waals surface area contributed by atoms with Gasteiger partial charge in [0.25, 0.3) is 11.1 Å². The molecule has 0 atom stereocenters. The van der Waals surface area contributed by atoms with Gasteiger partial charge in [-0.1, -0.05) is 35.7 Å². The van der Waals surface area contributed by atoms with Crippen LogP contribution in [-0.2, 0) is 4.79 Å². The first-order valence-electron chi connectivity index (χ1n) is 7.82. The van der Waals surface area contributed by atoms with E-state index < -0.39 is 0 Å². The number of methoxy groups -OCH3 is 1. The summed E-state index contributed by atoms with van der Waals surface area (Å²) in [6, 6.07) is 12.0. The molecule has 0 unspecified atom stereocenters. The third-order valence-electron chi connectivity index (χ3n) is 3.66. The van der Waals surface area contributed by atoms with Crippen LogP contribution in [0, 0.1) is 12.3 Å². The molecule has 1 aliphatic rings. The molecule has 0 saturated carbocycles. The molecule has 0 spiro atoms. The van der Waals surface area contributed by atoms with Gasteiger partial charge in [0.2, 0.25) is 0 Å². The Labute approximate surface area is 165 Å². The third-order valence-corrected chi connectivity index (χ3v) is 4.81. The number of carbonyl (C=O) groups is 2. The highest BCUT2D eigenvalue weighted by Gasteiger charge is 2.36. The van der Waals surface area contributed by atoms with E-state index in [1.807, 2.05) is 6.07 Å². The van der Waals surface area contributed by atoms with Gasteiger partial charge in [0.05, 0.1) is 22.7 Å². The normalized spacial score (nSPS) is 15.1. The number of hydrogen-bond acceptors (Lipinski definition) is 5. The van der Waals surface area contributed by atoms with E-state index in [4.69, 9.17) is 27.5 Å². The third kappa shape index (κ3) is 3.95. The number of terminal acetylenes is 1. The van der Waals surface area contributed by atoms with Gasteiger partial charge in [0, 0.05) is 0 Å². The Morgan fingerprint density at radius 2 is 2.00 bits per heavy atom. The molecule has 0 N–H and O–H groups in total. The second-order valence-electron chi connectivity index (χ2n) is 5.38. The molecule has 2 aromatic carbocycles. The molecule has 7 heteroatoms. The number of benzene rings is 2. The van der Waals surface area contributed by atoms with Gasteiger partial charge in [0.15, 0.2) is 11.5 Å². The molecule has 1 saturated heterocycles. The molecule has 0 bridgehead atoms. The van der Waals surface area contributed by atoms with Crippen molar-refractivity contribution in [1.29, 1.82) is 0 Å². The fourth-order valence-corrected chi connectivity index (χ4v) is 3.61. The van der Waals surface area contributed by atoms with Crippen molar-refractivity contribution >= 4 is 46.3 Å². The molecule has 5 nitrogen and oxygen atoms in total. The Bertz CT molecular complexity index is 966. The Morgan fingerprint density at radius 3 is 2.67 bits per heavy atom. The number of thioether (sulfide) groups is 1. The largest absolute Gasteiger partial charge is 0.493 e. The summed E-state index contributed by atoms with van der Waals surface area (Å²) in [4.78, 5) is 26.4. The number of para-hydroxylation sites is 1. The summed E-state index contributed by atoms with van der Waals surface area (Å²) < 4.78 is 10.7. The monoisotopic (exact) mass is 399 g/mol. The summed E-state index contributed by atoms with van der Waals surface area (Å²) in [6.45, 7) is 0.0470. The van der Waals surface area contributed by atoms with Crippen LogP contribution in [0.25, 0.3) is 6.08 Å². The fraction of sp³-hybridized carbons (Fsp3) is 0.100. The standard InChI is InChI=1S/C20H14ClNO4S/c1-3-9-26-18-15(21)10-13(11-16(18)25-2)12-17-19(23)22(20(24)27-17)14-7-5-4-6-8-14/h1,4-8,10-12H,9H2,2H3/b17-12-. The summed E-state index contributed by atoms with van der Waals surface area (Å²) in [6.07, 6.45) is 6.79. The second-order valence-corrected chi connectivity index (χ2v) is 6.78. The van der Waals surface area contributed by atoms with Crippen LogP contribution in [0.3, 0.4) is 0 Å². The number of nitrogens with zero attached hydrogens (tertiary/aromatic N) is 1. The Hall–Kier alpha value is -2.88. The molecule has 136 valence electrons. The van der Waals surface area contributed by atoms with Crippen LogP contribution in [0.2, 0.25) is 5.02 Å². The van der Waals surface area contributed by atoms with Crippen LogP contribution in [0.5, 0.6) is 11.5 Å². The maximum Gasteiger partial charge on any atom is 0.298 e. The van der Waals surface area contributed by atoms with E-state index in [-0.39, 0.29) is 22.8 Å². The maximum atomic E-state index is 12.7. The van der Waals surface area contributed by atoms with E-state index >= 15 is 0 Å². The predicted molar refractivity (Wildman–Crippen MR) is 107 cm³/mol. The molecular formula is C20H14ClNO4S. The highest BCUT2D eigenvalue weighted by molar-refractivity contribution is 8.19. The minimum atomic E-state index is -0.390. The summed E-state index contributed by atoms with van der Waals surface area (Å²) >= 11 is 7.12.